The topological polar surface area (TPSA) is 52.6 Å². The van der Waals surface area contributed by atoms with E-state index in [0.717, 1.165) is 12.8 Å². The first-order valence-electron chi connectivity index (χ1n) is 7.89. The van der Waals surface area contributed by atoms with E-state index < -0.39 is 0 Å². The molecule has 0 aliphatic heterocycles. The SMILES string of the molecule is CCCCCCCCCCCC(=O)NN(CC)CO. The summed E-state index contributed by atoms with van der Waals surface area (Å²) in [6.45, 7) is 4.64. The third-order valence-electron chi connectivity index (χ3n) is 3.34. The zero-order valence-corrected chi connectivity index (χ0v) is 12.8. The van der Waals surface area contributed by atoms with Crippen LogP contribution in [0.5, 0.6) is 0 Å². The van der Waals surface area contributed by atoms with Gasteiger partial charge in [0, 0.05) is 13.0 Å². The van der Waals surface area contributed by atoms with E-state index in [1.54, 1.807) is 0 Å². The number of nitrogens with zero attached hydrogens (tertiary/aromatic N) is 1. The van der Waals surface area contributed by atoms with Gasteiger partial charge in [0.2, 0.25) is 5.91 Å². The highest BCUT2D eigenvalue weighted by Gasteiger charge is 2.05. The number of aliphatic hydroxyl groups excluding tert-OH is 1. The molecule has 0 spiro atoms. The van der Waals surface area contributed by atoms with Crippen molar-refractivity contribution in [3.05, 3.63) is 0 Å². The van der Waals surface area contributed by atoms with Gasteiger partial charge in [-0.25, -0.2) is 0 Å². The molecule has 0 aliphatic carbocycles. The minimum Gasteiger partial charge on any atom is -0.379 e. The minimum absolute atomic E-state index is 0.0128. The Labute approximate surface area is 118 Å². The Bertz CT molecular complexity index is 206. The summed E-state index contributed by atoms with van der Waals surface area (Å²) in [5.74, 6) is 0.0128. The maximum Gasteiger partial charge on any atom is 0.234 e. The maximum absolute atomic E-state index is 11.5. The molecule has 0 aromatic rings. The number of hydrogen-bond donors (Lipinski definition) is 2. The summed E-state index contributed by atoms with van der Waals surface area (Å²) in [6.07, 6.45) is 11.9. The van der Waals surface area contributed by atoms with E-state index in [0.29, 0.717) is 13.0 Å². The third kappa shape index (κ3) is 12.2. The fourth-order valence-electron chi connectivity index (χ4n) is 2.04. The third-order valence-corrected chi connectivity index (χ3v) is 3.34. The fraction of sp³-hybridized carbons (Fsp3) is 0.933. The van der Waals surface area contributed by atoms with Crippen LogP contribution in [0.1, 0.15) is 78.1 Å². The molecule has 0 atom stereocenters. The lowest BCUT2D eigenvalue weighted by atomic mass is 10.1. The van der Waals surface area contributed by atoms with Crippen LogP contribution in [0, 0.1) is 0 Å². The number of hydrogen-bond acceptors (Lipinski definition) is 3. The van der Waals surface area contributed by atoms with Crippen LogP contribution in [0.15, 0.2) is 0 Å². The molecule has 4 nitrogen and oxygen atoms in total. The van der Waals surface area contributed by atoms with Crippen molar-refractivity contribution in [2.24, 2.45) is 0 Å². The molecular formula is C15H32N2O2. The van der Waals surface area contributed by atoms with Crippen molar-refractivity contribution in [1.82, 2.24) is 10.4 Å². The predicted octanol–water partition coefficient (Wildman–Crippen LogP) is 3.21. The molecule has 2 N–H and O–H groups in total. The Morgan fingerprint density at radius 2 is 1.47 bits per heavy atom. The summed E-state index contributed by atoms with van der Waals surface area (Å²) in [6, 6.07) is 0. The second-order valence-electron chi connectivity index (χ2n) is 5.11. The van der Waals surface area contributed by atoms with Crippen molar-refractivity contribution in [2.75, 3.05) is 13.3 Å². The summed E-state index contributed by atoms with van der Waals surface area (Å²) in [7, 11) is 0. The second kappa shape index (κ2) is 13.8. The van der Waals surface area contributed by atoms with Crippen molar-refractivity contribution in [3.63, 3.8) is 0 Å². The van der Waals surface area contributed by atoms with Gasteiger partial charge in [-0.1, -0.05) is 65.2 Å². The van der Waals surface area contributed by atoms with Crippen LogP contribution in [-0.2, 0) is 4.79 Å². The van der Waals surface area contributed by atoms with Crippen LogP contribution in [0.25, 0.3) is 0 Å². The summed E-state index contributed by atoms with van der Waals surface area (Å²) in [4.78, 5) is 11.5. The maximum atomic E-state index is 11.5. The minimum atomic E-state index is -0.125. The van der Waals surface area contributed by atoms with Crippen molar-refractivity contribution in [2.45, 2.75) is 78.1 Å². The Balaban J connectivity index is 3.27. The van der Waals surface area contributed by atoms with E-state index in [-0.39, 0.29) is 12.6 Å². The molecule has 0 aromatic carbocycles. The van der Waals surface area contributed by atoms with Crippen LogP contribution in [0.2, 0.25) is 0 Å². The van der Waals surface area contributed by atoms with Gasteiger partial charge in [0.15, 0.2) is 0 Å². The average Bonchev–Trinajstić information content (AvgIpc) is 2.43. The molecule has 0 heterocycles. The van der Waals surface area contributed by atoms with E-state index >= 15 is 0 Å². The zero-order chi connectivity index (χ0) is 14.3. The smallest absolute Gasteiger partial charge is 0.234 e. The van der Waals surface area contributed by atoms with Gasteiger partial charge in [0.1, 0.15) is 6.73 Å². The van der Waals surface area contributed by atoms with Gasteiger partial charge in [-0.2, -0.15) is 5.01 Å². The van der Waals surface area contributed by atoms with Crippen LogP contribution in [-0.4, -0.2) is 29.3 Å². The number of unbranched alkanes of at least 4 members (excludes halogenated alkanes) is 8. The van der Waals surface area contributed by atoms with Gasteiger partial charge in [-0.3, -0.25) is 10.2 Å². The number of aliphatic hydroxyl groups is 1. The zero-order valence-electron chi connectivity index (χ0n) is 12.8. The summed E-state index contributed by atoms with van der Waals surface area (Å²) in [5.41, 5.74) is 2.69. The highest BCUT2D eigenvalue weighted by molar-refractivity contribution is 5.75. The molecule has 0 unspecified atom stereocenters. The van der Waals surface area contributed by atoms with E-state index in [1.807, 2.05) is 6.92 Å². The van der Waals surface area contributed by atoms with Crippen molar-refractivity contribution < 1.29 is 9.90 Å². The van der Waals surface area contributed by atoms with Gasteiger partial charge in [-0.15, -0.1) is 0 Å². The van der Waals surface area contributed by atoms with Gasteiger partial charge in [-0.05, 0) is 6.42 Å². The molecule has 0 radical (unpaired) electrons. The number of rotatable bonds is 13. The number of carbonyl (C=O) groups is 1. The van der Waals surface area contributed by atoms with Gasteiger partial charge < -0.3 is 5.11 Å². The van der Waals surface area contributed by atoms with Crippen molar-refractivity contribution in [1.29, 1.82) is 0 Å². The molecule has 0 fully saturated rings. The highest BCUT2D eigenvalue weighted by atomic mass is 16.3. The Kier molecular flexibility index (Phi) is 13.4. The van der Waals surface area contributed by atoms with Crippen molar-refractivity contribution in [3.8, 4) is 0 Å². The molecule has 114 valence electrons. The molecule has 0 rings (SSSR count). The summed E-state index contributed by atoms with van der Waals surface area (Å²) in [5, 5.41) is 10.4. The number of carbonyl (C=O) groups excluding carboxylic acids is 1. The standard InChI is InChI=1S/C15H32N2O2/c1-3-5-6-7-8-9-10-11-12-13-15(19)16-17(4-2)14-18/h18H,3-14H2,1-2H3,(H,16,19). The average molecular weight is 272 g/mol. The van der Waals surface area contributed by atoms with E-state index in [9.17, 15) is 4.79 Å². The van der Waals surface area contributed by atoms with E-state index in [1.165, 1.54) is 50.0 Å². The highest BCUT2D eigenvalue weighted by Crippen LogP contribution is 2.10. The lowest BCUT2D eigenvalue weighted by Gasteiger charge is -2.18. The van der Waals surface area contributed by atoms with Gasteiger partial charge >= 0.3 is 0 Å². The van der Waals surface area contributed by atoms with Crippen molar-refractivity contribution >= 4 is 5.91 Å². The fourth-order valence-corrected chi connectivity index (χ4v) is 2.04. The molecule has 0 aromatic heterocycles. The largest absolute Gasteiger partial charge is 0.379 e. The molecule has 0 saturated heterocycles. The molecule has 0 bridgehead atoms. The first-order valence-corrected chi connectivity index (χ1v) is 7.89. The van der Waals surface area contributed by atoms with Crippen LogP contribution >= 0.6 is 0 Å². The molecule has 0 saturated carbocycles. The first kappa shape index (κ1) is 18.4. The Morgan fingerprint density at radius 1 is 0.947 bits per heavy atom. The number of amides is 1. The number of nitrogens with one attached hydrogen (secondary N) is 1. The first-order chi connectivity index (χ1) is 9.24. The lowest BCUT2D eigenvalue weighted by molar-refractivity contribution is -0.127. The number of hydrazine groups is 1. The summed E-state index contributed by atoms with van der Waals surface area (Å²) >= 11 is 0. The molecule has 1 amide bonds. The van der Waals surface area contributed by atoms with Gasteiger partial charge in [0.05, 0.1) is 0 Å². The predicted molar refractivity (Wildman–Crippen MR) is 79.5 cm³/mol. The monoisotopic (exact) mass is 272 g/mol. The lowest BCUT2D eigenvalue weighted by Crippen LogP contribution is -2.42. The van der Waals surface area contributed by atoms with Crippen LogP contribution < -0.4 is 5.43 Å². The summed E-state index contributed by atoms with van der Waals surface area (Å²) < 4.78 is 0. The van der Waals surface area contributed by atoms with Crippen LogP contribution in [0.3, 0.4) is 0 Å². The van der Waals surface area contributed by atoms with Gasteiger partial charge in [0.25, 0.3) is 0 Å². The van der Waals surface area contributed by atoms with E-state index in [2.05, 4.69) is 12.3 Å². The normalized spacial score (nSPS) is 10.9. The Morgan fingerprint density at radius 3 is 1.95 bits per heavy atom. The molecule has 0 aliphatic rings. The van der Waals surface area contributed by atoms with E-state index in [4.69, 9.17) is 5.11 Å². The van der Waals surface area contributed by atoms with Crippen LogP contribution in [0.4, 0.5) is 0 Å². The quantitative estimate of drug-likeness (QED) is 0.307. The molecule has 4 heteroatoms. The molecule has 19 heavy (non-hydrogen) atoms. The Hall–Kier alpha value is -0.610. The molecular weight excluding hydrogens is 240 g/mol. The second-order valence-corrected chi connectivity index (χ2v) is 5.11.